The van der Waals surface area contributed by atoms with E-state index >= 15 is 0 Å². The average molecular weight is 278 g/mol. The number of rotatable bonds is 4. The molecule has 0 bridgehead atoms. The summed E-state index contributed by atoms with van der Waals surface area (Å²) >= 11 is 0. The van der Waals surface area contributed by atoms with Crippen molar-refractivity contribution in [1.82, 2.24) is 10.2 Å². The number of likely N-dealkylation sites (N-methyl/N-ethyl adjacent to an activating group) is 1. The summed E-state index contributed by atoms with van der Waals surface area (Å²) in [7, 11) is 1.79. The van der Waals surface area contributed by atoms with Crippen LogP contribution in [-0.4, -0.2) is 43.7 Å². The number of carbonyl (C=O) groups excluding carboxylic acids is 1. The second-order valence-electron chi connectivity index (χ2n) is 5.88. The molecule has 1 aliphatic heterocycles. The highest BCUT2D eigenvalue weighted by atomic mass is 16.5. The zero-order valence-corrected chi connectivity index (χ0v) is 12.1. The zero-order valence-electron chi connectivity index (χ0n) is 12.1. The summed E-state index contributed by atoms with van der Waals surface area (Å²) in [5, 5.41) is 3.17. The summed E-state index contributed by atoms with van der Waals surface area (Å²) in [5.74, 6) is 3.23. The zero-order chi connectivity index (χ0) is 14.1. The predicted molar refractivity (Wildman–Crippen MR) is 74.3 cm³/mol. The quantitative estimate of drug-likeness (QED) is 0.903. The maximum Gasteiger partial charge on any atom is 0.253 e. The summed E-state index contributed by atoms with van der Waals surface area (Å²) in [6, 6.07) is 4.02. The van der Waals surface area contributed by atoms with E-state index in [1.54, 1.807) is 11.9 Å². The van der Waals surface area contributed by atoms with E-state index in [1.165, 1.54) is 6.42 Å². The third kappa shape index (κ3) is 2.88. The number of ether oxygens (including phenoxy) is 1. The highest BCUT2D eigenvalue weighted by Gasteiger charge is 2.36. The van der Waals surface area contributed by atoms with Gasteiger partial charge in [0.2, 0.25) is 0 Å². The Morgan fingerprint density at radius 1 is 1.50 bits per heavy atom. The number of nitrogens with one attached hydrogen (secondary N) is 1. The first-order chi connectivity index (χ1) is 9.65. The third-order valence-electron chi connectivity index (χ3n) is 4.13. The number of amides is 1. The molecule has 1 amide bonds. The van der Waals surface area contributed by atoms with Gasteiger partial charge in [0.05, 0.1) is 13.2 Å². The molecule has 1 aromatic heterocycles. The largest absolute Gasteiger partial charge is 0.464 e. The molecule has 3 atom stereocenters. The van der Waals surface area contributed by atoms with Gasteiger partial charge in [-0.1, -0.05) is 6.92 Å². The van der Waals surface area contributed by atoms with Gasteiger partial charge < -0.3 is 19.4 Å². The predicted octanol–water partition coefficient (Wildman–Crippen LogP) is 1.35. The van der Waals surface area contributed by atoms with E-state index in [9.17, 15) is 4.79 Å². The second-order valence-corrected chi connectivity index (χ2v) is 5.88. The molecular weight excluding hydrogens is 256 g/mol. The fraction of sp³-hybridized carbons (Fsp3) is 0.667. The molecule has 2 fully saturated rings. The monoisotopic (exact) mass is 278 g/mol. The topological polar surface area (TPSA) is 54.7 Å². The molecule has 5 heteroatoms. The number of hydrogen-bond donors (Lipinski definition) is 1. The van der Waals surface area contributed by atoms with Gasteiger partial charge in [-0.15, -0.1) is 0 Å². The van der Waals surface area contributed by atoms with Gasteiger partial charge in [0, 0.05) is 26.1 Å². The molecule has 1 saturated heterocycles. The molecule has 1 N–H and O–H groups in total. The van der Waals surface area contributed by atoms with Gasteiger partial charge in [0.1, 0.15) is 17.6 Å². The van der Waals surface area contributed by atoms with Crippen molar-refractivity contribution in [2.75, 3.05) is 26.7 Å². The number of carbonyl (C=O) groups is 1. The van der Waals surface area contributed by atoms with Crippen LogP contribution in [0.15, 0.2) is 16.5 Å². The molecular formula is C15H22N2O3. The highest BCUT2D eigenvalue weighted by Crippen LogP contribution is 2.47. The van der Waals surface area contributed by atoms with Crippen molar-refractivity contribution in [3.63, 3.8) is 0 Å². The van der Waals surface area contributed by atoms with E-state index in [4.69, 9.17) is 9.15 Å². The third-order valence-corrected chi connectivity index (χ3v) is 4.13. The molecule has 2 aliphatic rings. The van der Waals surface area contributed by atoms with Gasteiger partial charge in [-0.25, -0.2) is 0 Å². The molecule has 0 aromatic carbocycles. The lowest BCUT2D eigenvalue weighted by atomic mass is 10.2. The van der Waals surface area contributed by atoms with Crippen LogP contribution in [0.25, 0.3) is 0 Å². The summed E-state index contributed by atoms with van der Waals surface area (Å²) in [5.41, 5.74) is 0. The van der Waals surface area contributed by atoms with Gasteiger partial charge in [-0.05, 0) is 24.5 Å². The molecule has 3 rings (SSSR count). The molecule has 1 aliphatic carbocycles. The molecule has 5 nitrogen and oxygen atoms in total. The molecule has 1 aromatic rings. The molecule has 110 valence electrons. The fourth-order valence-electron chi connectivity index (χ4n) is 2.68. The van der Waals surface area contributed by atoms with Crippen molar-refractivity contribution >= 4 is 5.91 Å². The van der Waals surface area contributed by atoms with Gasteiger partial charge in [-0.2, -0.15) is 0 Å². The van der Waals surface area contributed by atoms with Crippen LogP contribution in [0.2, 0.25) is 0 Å². The normalized spacial score (nSPS) is 29.2. The lowest BCUT2D eigenvalue weighted by Gasteiger charge is -2.26. The minimum Gasteiger partial charge on any atom is -0.464 e. The maximum atomic E-state index is 12.2. The second kappa shape index (κ2) is 5.58. The van der Waals surface area contributed by atoms with Crippen LogP contribution in [0.1, 0.15) is 30.8 Å². The first-order valence-electron chi connectivity index (χ1n) is 7.31. The molecule has 2 heterocycles. The van der Waals surface area contributed by atoms with Crippen molar-refractivity contribution < 1.29 is 13.9 Å². The molecule has 0 spiro atoms. The Kier molecular flexibility index (Phi) is 3.81. The summed E-state index contributed by atoms with van der Waals surface area (Å²) in [6.07, 6.45) is 0.843. The molecule has 1 saturated carbocycles. The van der Waals surface area contributed by atoms with E-state index in [0.717, 1.165) is 24.0 Å². The van der Waals surface area contributed by atoms with Gasteiger partial charge >= 0.3 is 0 Å². The Morgan fingerprint density at radius 3 is 2.95 bits per heavy atom. The Bertz CT molecular complexity index is 479. The van der Waals surface area contributed by atoms with E-state index in [0.29, 0.717) is 25.6 Å². The summed E-state index contributed by atoms with van der Waals surface area (Å²) < 4.78 is 11.3. The van der Waals surface area contributed by atoms with Crippen LogP contribution < -0.4 is 5.32 Å². The Hall–Kier alpha value is -1.33. The van der Waals surface area contributed by atoms with Gasteiger partial charge in [0.25, 0.3) is 5.91 Å². The van der Waals surface area contributed by atoms with Crippen molar-refractivity contribution in [2.24, 2.45) is 5.92 Å². The van der Waals surface area contributed by atoms with Crippen LogP contribution in [0.4, 0.5) is 0 Å². The number of morpholine rings is 1. The smallest absolute Gasteiger partial charge is 0.253 e. The van der Waals surface area contributed by atoms with E-state index < -0.39 is 0 Å². The minimum atomic E-state index is -0.369. The SMILES string of the molecule is CC1CC1c1ccc(CN(C)C(=O)C2CNCCO2)o1. The Labute approximate surface area is 119 Å². The summed E-state index contributed by atoms with van der Waals surface area (Å²) in [4.78, 5) is 13.9. The highest BCUT2D eigenvalue weighted by molar-refractivity contribution is 5.81. The van der Waals surface area contributed by atoms with E-state index in [2.05, 4.69) is 12.2 Å². The van der Waals surface area contributed by atoms with Crippen molar-refractivity contribution in [3.8, 4) is 0 Å². The van der Waals surface area contributed by atoms with Gasteiger partial charge in [0.15, 0.2) is 0 Å². The van der Waals surface area contributed by atoms with E-state index in [1.807, 2.05) is 12.1 Å². The molecule has 0 radical (unpaired) electrons. The van der Waals surface area contributed by atoms with Crippen molar-refractivity contribution in [1.29, 1.82) is 0 Å². The maximum absolute atomic E-state index is 12.2. The Morgan fingerprint density at radius 2 is 2.30 bits per heavy atom. The Balaban J connectivity index is 1.56. The van der Waals surface area contributed by atoms with Crippen LogP contribution in [0.5, 0.6) is 0 Å². The van der Waals surface area contributed by atoms with Crippen LogP contribution >= 0.6 is 0 Å². The molecule has 3 unspecified atom stereocenters. The number of nitrogens with zero attached hydrogens (tertiary/aromatic N) is 1. The molecule has 20 heavy (non-hydrogen) atoms. The first-order valence-corrected chi connectivity index (χ1v) is 7.31. The van der Waals surface area contributed by atoms with Crippen molar-refractivity contribution in [3.05, 3.63) is 23.7 Å². The lowest BCUT2D eigenvalue weighted by Crippen LogP contribution is -2.48. The minimum absolute atomic E-state index is 0.00920. The average Bonchev–Trinajstić information content (AvgIpc) is 3.01. The van der Waals surface area contributed by atoms with Crippen molar-refractivity contribution in [2.45, 2.75) is 31.9 Å². The van der Waals surface area contributed by atoms with Gasteiger partial charge in [-0.3, -0.25) is 4.79 Å². The van der Waals surface area contributed by atoms with Crippen LogP contribution in [-0.2, 0) is 16.1 Å². The number of hydrogen-bond acceptors (Lipinski definition) is 4. The van der Waals surface area contributed by atoms with Crippen LogP contribution in [0.3, 0.4) is 0 Å². The lowest BCUT2D eigenvalue weighted by molar-refractivity contribution is -0.144. The fourth-order valence-corrected chi connectivity index (χ4v) is 2.68. The van der Waals surface area contributed by atoms with Crippen LogP contribution in [0, 0.1) is 5.92 Å². The summed E-state index contributed by atoms with van der Waals surface area (Å²) in [6.45, 7) is 4.73. The number of furan rings is 1. The van der Waals surface area contributed by atoms with E-state index in [-0.39, 0.29) is 12.0 Å². The first kappa shape index (κ1) is 13.6. The standard InChI is InChI=1S/C15H22N2O3/c1-10-7-12(10)13-4-3-11(20-13)9-17(2)15(18)14-8-16-5-6-19-14/h3-4,10,12,14,16H,5-9H2,1-2H3.